The number of nitrogens with zero attached hydrogens (tertiary/aromatic N) is 7. The van der Waals surface area contributed by atoms with Crippen LogP contribution < -0.4 is 0 Å². The number of hydrogen-bond donors (Lipinski definition) is 0. The van der Waals surface area contributed by atoms with E-state index < -0.39 is 0 Å². The normalized spacial score (nSPS) is 12.4. The van der Waals surface area contributed by atoms with E-state index in [9.17, 15) is 0 Å². The zero-order valence-corrected chi connectivity index (χ0v) is 14.1. The molecule has 4 aromatic rings. The maximum absolute atomic E-state index is 6.19. The van der Waals surface area contributed by atoms with Crippen molar-refractivity contribution >= 4 is 22.9 Å². The lowest BCUT2D eigenvalue weighted by atomic mass is 10.2. The maximum atomic E-state index is 6.19. The topological polar surface area (TPSA) is 74.3 Å². The Hall–Kier alpha value is -2.58. The molecule has 3 aromatic heterocycles. The summed E-state index contributed by atoms with van der Waals surface area (Å²) in [6.07, 6.45) is 4.23. The molecule has 24 heavy (non-hydrogen) atoms. The summed E-state index contributed by atoms with van der Waals surface area (Å²) >= 11 is 7.73. The monoisotopic (exact) mass is 355 g/mol. The number of rotatable bonds is 1. The molecule has 0 spiro atoms. The Bertz CT molecular complexity index is 1080. The van der Waals surface area contributed by atoms with Crippen molar-refractivity contribution in [3.63, 3.8) is 0 Å². The van der Waals surface area contributed by atoms with Crippen LogP contribution in [0.15, 0.2) is 30.7 Å². The van der Waals surface area contributed by atoms with E-state index in [1.165, 1.54) is 11.3 Å². The first kappa shape index (κ1) is 13.8. The molecule has 0 amide bonds. The molecule has 7 nitrogen and oxygen atoms in total. The molecule has 9 heteroatoms. The third-order valence-electron chi connectivity index (χ3n) is 3.99. The number of imidazole rings is 1. The van der Waals surface area contributed by atoms with Gasteiger partial charge in [-0.25, -0.2) is 9.67 Å². The second kappa shape index (κ2) is 4.96. The molecule has 0 fully saturated rings. The Morgan fingerprint density at radius 2 is 2.12 bits per heavy atom. The highest BCUT2D eigenvalue weighted by Gasteiger charge is 2.25. The van der Waals surface area contributed by atoms with E-state index >= 15 is 0 Å². The number of aromatic nitrogens is 7. The summed E-state index contributed by atoms with van der Waals surface area (Å²) in [4.78, 5) is 4.59. The average Bonchev–Trinajstić information content (AvgIpc) is 3.27. The first-order valence-corrected chi connectivity index (χ1v) is 8.47. The van der Waals surface area contributed by atoms with E-state index in [-0.39, 0.29) is 0 Å². The molecule has 4 heterocycles. The summed E-state index contributed by atoms with van der Waals surface area (Å²) in [5, 5.41) is 19.0. The van der Waals surface area contributed by atoms with Crippen LogP contribution in [-0.4, -0.2) is 34.7 Å². The van der Waals surface area contributed by atoms with Crippen molar-refractivity contribution < 1.29 is 0 Å². The minimum absolute atomic E-state index is 0.646. The number of hydrogen-bond acceptors (Lipinski definition) is 6. The summed E-state index contributed by atoms with van der Waals surface area (Å²) in [6.45, 7) is 1.94. The zero-order valence-electron chi connectivity index (χ0n) is 12.5. The van der Waals surface area contributed by atoms with Crippen LogP contribution in [-0.2, 0) is 6.42 Å². The third kappa shape index (κ3) is 1.93. The molecule has 0 saturated heterocycles. The maximum Gasteiger partial charge on any atom is 0.168 e. The Balaban J connectivity index is 1.81. The Morgan fingerprint density at radius 3 is 2.96 bits per heavy atom. The predicted molar refractivity (Wildman–Crippen MR) is 89.9 cm³/mol. The highest BCUT2D eigenvalue weighted by molar-refractivity contribution is 7.14. The van der Waals surface area contributed by atoms with Crippen LogP contribution >= 0.6 is 22.9 Å². The van der Waals surface area contributed by atoms with Crippen molar-refractivity contribution in [1.82, 2.24) is 34.7 Å². The first-order valence-electron chi connectivity index (χ1n) is 7.27. The van der Waals surface area contributed by atoms with Crippen molar-refractivity contribution in [1.29, 1.82) is 0 Å². The lowest BCUT2D eigenvalue weighted by Gasteiger charge is -2.09. The van der Waals surface area contributed by atoms with Crippen LogP contribution in [0.25, 0.3) is 22.1 Å². The molecular weight excluding hydrogens is 346 g/mol. The van der Waals surface area contributed by atoms with Gasteiger partial charge in [0.15, 0.2) is 5.01 Å². The second-order valence-corrected chi connectivity index (χ2v) is 7.10. The van der Waals surface area contributed by atoms with Crippen LogP contribution in [0.2, 0.25) is 5.02 Å². The number of aryl methyl sites for hydroxylation is 1. The summed E-state index contributed by atoms with van der Waals surface area (Å²) < 4.78 is 3.88. The molecule has 118 valence electrons. The largest absolute Gasteiger partial charge is 0.300 e. The van der Waals surface area contributed by atoms with Crippen molar-refractivity contribution in [2.45, 2.75) is 13.3 Å². The smallest absolute Gasteiger partial charge is 0.168 e. The third-order valence-corrected chi connectivity index (χ3v) is 5.07. The van der Waals surface area contributed by atoms with E-state index in [0.717, 1.165) is 38.5 Å². The first-order chi connectivity index (χ1) is 11.7. The van der Waals surface area contributed by atoms with Gasteiger partial charge in [0, 0.05) is 11.4 Å². The van der Waals surface area contributed by atoms with Crippen molar-refractivity contribution in [2.75, 3.05) is 0 Å². The SMILES string of the molecule is Cc1nnc(-c2ncn3c2Cc2cnnn2-c2cc(Cl)ccc2-3)s1. The van der Waals surface area contributed by atoms with Gasteiger partial charge in [0.1, 0.15) is 17.0 Å². The van der Waals surface area contributed by atoms with E-state index in [1.54, 1.807) is 6.20 Å². The summed E-state index contributed by atoms with van der Waals surface area (Å²) in [5.41, 5.74) is 4.69. The number of benzene rings is 1. The van der Waals surface area contributed by atoms with Crippen molar-refractivity contribution in [3.05, 3.63) is 52.1 Å². The Labute approximate surface area is 145 Å². The van der Waals surface area contributed by atoms with Crippen LogP contribution in [0.5, 0.6) is 0 Å². The van der Waals surface area contributed by atoms with Gasteiger partial charge in [-0.15, -0.1) is 15.3 Å². The number of fused-ring (bicyclic) bond motifs is 5. The quantitative estimate of drug-likeness (QED) is 0.462. The summed E-state index contributed by atoms with van der Waals surface area (Å²) in [7, 11) is 0. The zero-order chi connectivity index (χ0) is 16.3. The highest BCUT2D eigenvalue weighted by atomic mass is 35.5. The Kier molecular flexibility index (Phi) is 2.85. The standard InChI is InChI=1S/C15H10ClN7S/c1-8-19-20-15(24-8)14-13-5-10-6-18-21-23(10)12-4-9(16)2-3-11(12)22(13)7-17-14/h2-4,6-7H,5H2,1H3. The Morgan fingerprint density at radius 1 is 1.21 bits per heavy atom. The van der Waals surface area contributed by atoms with E-state index in [1.807, 2.05) is 36.1 Å². The van der Waals surface area contributed by atoms with Gasteiger partial charge in [0.25, 0.3) is 0 Å². The molecule has 0 saturated carbocycles. The molecule has 0 unspecified atom stereocenters. The summed E-state index contributed by atoms with van der Waals surface area (Å²) in [6, 6.07) is 5.72. The molecule has 0 bridgehead atoms. The minimum Gasteiger partial charge on any atom is -0.300 e. The fraction of sp³-hybridized carbons (Fsp3) is 0.133. The van der Waals surface area contributed by atoms with Crippen LogP contribution in [0, 0.1) is 6.92 Å². The van der Waals surface area contributed by atoms with Gasteiger partial charge in [-0.05, 0) is 25.1 Å². The highest BCUT2D eigenvalue weighted by Crippen LogP contribution is 2.34. The second-order valence-electron chi connectivity index (χ2n) is 5.48. The van der Waals surface area contributed by atoms with Gasteiger partial charge < -0.3 is 0 Å². The molecule has 1 aliphatic rings. The van der Waals surface area contributed by atoms with Crippen molar-refractivity contribution in [2.24, 2.45) is 0 Å². The molecule has 0 radical (unpaired) electrons. The average molecular weight is 356 g/mol. The molecule has 1 aromatic carbocycles. The lowest BCUT2D eigenvalue weighted by Crippen LogP contribution is -2.03. The van der Waals surface area contributed by atoms with Gasteiger partial charge in [-0.3, -0.25) is 4.57 Å². The number of halogens is 1. The molecule has 5 rings (SSSR count). The minimum atomic E-state index is 0.646. The van der Waals surface area contributed by atoms with Crippen LogP contribution in [0.1, 0.15) is 16.4 Å². The van der Waals surface area contributed by atoms with Gasteiger partial charge >= 0.3 is 0 Å². The van der Waals surface area contributed by atoms with E-state index in [0.29, 0.717) is 11.4 Å². The van der Waals surface area contributed by atoms with Gasteiger partial charge in [0.2, 0.25) is 0 Å². The van der Waals surface area contributed by atoms with Crippen LogP contribution in [0.3, 0.4) is 0 Å². The van der Waals surface area contributed by atoms with Gasteiger partial charge in [-0.1, -0.05) is 28.2 Å². The van der Waals surface area contributed by atoms with Crippen molar-refractivity contribution in [3.8, 4) is 22.1 Å². The molecular formula is C15H10ClN7S. The van der Waals surface area contributed by atoms with E-state index in [4.69, 9.17) is 11.6 Å². The molecule has 1 aliphatic heterocycles. The molecule has 0 atom stereocenters. The lowest BCUT2D eigenvalue weighted by molar-refractivity contribution is 0.778. The fourth-order valence-electron chi connectivity index (χ4n) is 2.94. The molecule has 0 N–H and O–H groups in total. The fourth-order valence-corrected chi connectivity index (χ4v) is 3.82. The van der Waals surface area contributed by atoms with Gasteiger partial charge in [0.05, 0.1) is 29.0 Å². The van der Waals surface area contributed by atoms with E-state index in [2.05, 4.69) is 30.1 Å². The molecule has 0 aliphatic carbocycles. The van der Waals surface area contributed by atoms with Crippen LogP contribution in [0.4, 0.5) is 0 Å². The van der Waals surface area contributed by atoms with Gasteiger partial charge in [-0.2, -0.15) is 0 Å². The summed E-state index contributed by atoms with van der Waals surface area (Å²) in [5.74, 6) is 0. The predicted octanol–water partition coefficient (Wildman–Crippen LogP) is 2.84.